The van der Waals surface area contributed by atoms with E-state index in [0.29, 0.717) is 38.4 Å². The first-order chi connectivity index (χ1) is 9.98. The molecule has 0 amide bonds. The van der Waals surface area contributed by atoms with Gasteiger partial charge in [-0.15, -0.1) is 0 Å². The van der Waals surface area contributed by atoms with Gasteiger partial charge in [-0.3, -0.25) is 0 Å². The lowest BCUT2D eigenvalue weighted by Crippen LogP contribution is -2.35. The standard InChI is InChI=1S/C14H24N2O4S/c1-3-5-15-10-14(8-13(15)11-17)21(18,19)16-6-4-7-20-12(2)9-16/h8,10,12,17H,3-7,9,11H2,1-2H3. The van der Waals surface area contributed by atoms with Crippen molar-refractivity contribution in [1.29, 1.82) is 0 Å². The highest BCUT2D eigenvalue weighted by molar-refractivity contribution is 7.89. The van der Waals surface area contributed by atoms with E-state index in [1.54, 1.807) is 12.3 Å². The Balaban J connectivity index is 2.29. The Morgan fingerprint density at radius 2 is 2.24 bits per heavy atom. The Morgan fingerprint density at radius 3 is 2.90 bits per heavy atom. The minimum atomic E-state index is -3.53. The van der Waals surface area contributed by atoms with Gasteiger partial charge in [0.2, 0.25) is 10.0 Å². The summed E-state index contributed by atoms with van der Waals surface area (Å²) < 4.78 is 34.3. The molecular formula is C14H24N2O4S. The molecule has 7 heteroatoms. The SMILES string of the molecule is CCCn1cc(S(=O)(=O)N2CCCOC(C)C2)cc1CO. The van der Waals surface area contributed by atoms with Crippen molar-refractivity contribution >= 4 is 10.0 Å². The third kappa shape index (κ3) is 3.66. The average Bonchev–Trinajstić information content (AvgIpc) is 2.73. The van der Waals surface area contributed by atoms with Gasteiger partial charge in [-0.1, -0.05) is 6.92 Å². The number of sulfonamides is 1. The number of aromatic nitrogens is 1. The molecule has 0 saturated carbocycles. The lowest BCUT2D eigenvalue weighted by atomic mass is 10.4. The lowest BCUT2D eigenvalue weighted by molar-refractivity contribution is 0.0752. The molecule has 1 fully saturated rings. The zero-order valence-corrected chi connectivity index (χ0v) is 13.5. The largest absolute Gasteiger partial charge is 0.390 e. The van der Waals surface area contributed by atoms with E-state index < -0.39 is 10.0 Å². The minimum Gasteiger partial charge on any atom is -0.390 e. The molecule has 1 unspecified atom stereocenters. The Kier molecular flexibility index (Phi) is 5.43. The number of ether oxygens (including phenoxy) is 1. The quantitative estimate of drug-likeness (QED) is 0.886. The van der Waals surface area contributed by atoms with Gasteiger partial charge in [0.05, 0.1) is 12.7 Å². The normalized spacial score (nSPS) is 21.4. The molecule has 1 aliphatic heterocycles. The summed E-state index contributed by atoms with van der Waals surface area (Å²) in [7, 11) is -3.53. The summed E-state index contributed by atoms with van der Waals surface area (Å²) in [6.45, 7) is 5.88. The smallest absolute Gasteiger partial charge is 0.244 e. The van der Waals surface area contributed by atoms with E-state index in [4.69, 9.17) is 4.74 Å². The maximum Gasteiger partial charge on any atom is 0.244 e. The van der Waals surface area contributed by atoms with Gasteiger partial charge in [0.1, 0.15) is 4.90 Å². The van der Waals surface area contributed by atoms with Crippen LogP contribution in [0, 0.1) is 0 Å². The summed E-state index contributed by atoms with van der Waals surface area (Å²) in [6, 6.07) is 1.57. The van der Waals surface area contributed by atoms with Gasteiger partial charge in [0.15, 0.2) is 0 Å². The van der Waals surface area contributed by atoms with Crippen molar-refractivity contribution in [2.45, 2.75) is 50.8 Å². The Labute approximate surface area is 126 Å². The predicted molar refractivity (Wildman–Crippen MR) is 79.4 cm³/mol. The topological polar surface area (TPSA) is 71.8 Å². The highest BCUT2D eigenvalue weighted by Crippen LogP contribution is 2.21. The number of rotatable bonds is 5. The van der Waals surface area contributed by atoms with E-state index in [9.17, 15) is 13.5 Å². The van der Waals surface area contributed by atoms with E-state index in [-0.39, 0.29) is 17.6 Å². The lowest BCUT2D eigenvalue weighted by Gasteiger charge is -2.20. The van der Waals surface area contributed by atoms with Gasteiger partial charge in [-0.2, -0.15) is 4.31 Å². The minimum absolute atomic E-state index is 0.0997. The number of nitrogens with zero attached hydrogens (tertiary/aromatic N) is 2. The molecule has 0 spiro atoms. The average molecular weight is 316 g/mol. The van der Waals surface area contributed by atoms with Crippen LogP contribution in [0.25, 0.3) is 0 Å². The van der Waals surface area contributed by atoms with Crippen LogP contribution in [0.5, 0.6) is 0 Å². The molecule has 1 atom stereocenters. The molecular weight excluding hydrogens is 292 g/mol. The molecule has 1 aromatic heterocycles. The highest BCUT2D eigenvalue weighted by atomic mass is 32.2. The second-order valence-electron chi connectivity index (χ2n) is 5.42. The second-order valence-corrected chi connectivity index (χ2v) is 7.35. The summed E-state index contributed by atoms with van der Waals surface area (Å²) in [5.41, 5.74) is 0.634. The first-order valence-electron chi connectivity index (χ1n) is 7.40. The number of aryl methyl sites for hydroxylation is 1. The monoisotopic (exact) mass is 316 g/mol. The van der Waals surface area contributed by atoms with Crippen LogP contribution >= 0.6 is 0 Å². The molecule has 0 aliphatic carbocycles. The zero-order valence-electron chi connectivity index (χ0n) is 12.7. The molecule has 1 aliphatic rings. The molecule has 0 radical (unpaired) electrons. The highest BCUT2D eigenvalue weighted by Gasteiger charge is 2.29. The summed E-state index contributed by atoms with van der Waals surface area (Å²) in [5, 5.41) is 9.37. The van der Waals surface area contributed by atoms with Crippen molar-refractivity contribution in [1.82, 2.24) is 8.87 Å². The van der Waals surface area contributed by atoms with Crippen LogP contribution in [0.15, 0.2) is 17.2 Å². The fraction of sp³-hybridized carbons (Fsp3) is 0.714. The van der Waals surface area contributed by atoms with Gasteiger partial charge in [-0.25, -0.2) is 8.42 Å². The van der Waals surface area contributed by atoms with E-state index in [1.807, 2.05) is 18.4 Å². The first kappa shape index (κ1) is 16.5. The first-order valence-corrected chi connectivity index (χ1v) is 8.84. The van der Waals surface area contributed by atoms with Crippen LogP contribution in [-0.4, -0.2) is 48.2 Å². The molecule has 1 saturated heterocycles. The maximum absolute atomic E-state index is 12.7. The van der Waals surface area contributed by atoms with E-state index in [2.05, 4.69) is 0 Å². The molecule has 21 heavy (non-hydrogen) atoms. The van der Waals surface area contributed by atoms with E-state index in [0.717, 1.165) is 6.42 Å². The summed E-state index contributed by atoms with van der Waals surface area (Å²) in [4.78, 5) is 0.258. The van der Waals surface area contributed by atoms with Crippen molar-refractivity contribution in [2.24, 2.45) is 0 Å². The van der Waals surface area contributed by atoms with E-state index >= 15 is 0 Å². The molecule has 6 nitrogen and oxygen atoms in total. The zero-order chi connectivity index (χ0) is 15.5. The summed E-state index contributed by atoms with van der Waals surface area (Å²) >= 11 is 0. The molecule has 1 aromatic rings. The molecule has 0 aromatic carbocycles. The Bertz CT molecular complexity index is 568. The fourth-order valence-electron chi connectivity index (χ4n) is 2.57. The van der Waals surface area contributed by atoms with Crippen molar-refractivity contribution in [3.8, 4) is 0 Å². The second kappa shape index (κ2) is 6.91. The van der Waals surface area contributed by atoms with Crippen LogP contribution in [0.1, 0.15) is 32.4 Å². The van der Waals surface area contributed by atoms with Crippen LogP contribution in [0.4, 0.5) is 0 Å². The molecule has 2 heterocycles. The molecule has 120 valence electrons. The van der Waals surface area contributed by atoms with Crippen LogP contribution < -0.4 is 0 Å². The maximum atomic E-state index is 12.7. The van der Waals surface area contributed by atoms with Gasteiger partial charge in [0.25, 0.3) is 0 Å². The van der Waals surface area contributed by atoms with Gasteiger partial charge < -0.3 is 14.4 Å². The number of hydrogen-bond acceptors (Lipinski definition) is 4. The number of aliphatic hydroxyl groups is 1. The Hall–Kier alpha value is -0.890. The molecule has 1 N–H and O–H groups in total. The van der Waals surface area contributed by atoms with Crippen molar-refractivity contribution in [3.05, 3.63) is 18.0 Å². The summed E-state index contributed by atoms with van der Waals surface area (Å²) in [5.74, 6) is 0. The fourth-order valence-corrected chi connectivity index (χ4v) is 4.19. The predicted octanol–water partition coefficient (Wildman–Crippen LogP) is 1.19. The number of hydrogen-bond donors (Lipinski definition) is 1. The van der Waals surface area contributed by atoms with Gasteiger partial charge in [-0.05, 0) is 25.8 Å². The van der Waals surface area contributed by atoms with Crippen LogP contribution in [0.3, 0.4) is 0 Å². The van der Waals surface area contributed by atoms with Gasteiger partial charge >= 0.3 is 0 Å². The van der Waals surface area contributed by atoms with Crippen LogP contribution in [0.2, 0.25) is 0 Å². The molecule has 0 bridgehead atoms. The van der Waals surface area contributed by atoms with Crippen LogP contribution in [-0.2, 0) is 27.9 Å². The molecule has 2 rings (SSSR count). The number of aliphatic hydroxyl groups excluding tert-OH is 1. The van der Waals surface area contributed by atoms with E-state index in [1.165, 1.54) is 4.31 Å². The summed E-state index contributed by atoms with van der Waals surface area (Å²) in [6.07, 6.45) is 3.11. The van der Waals surface area contributed by atoms with Gasteiger partial charge in [0, 0.05) is 38.1 Å². The van der Waals surface area contributed by atoms with Crippen molar-refractivity contribution < 1.29 is 18.3 Å². The third-order valence-electron chi connectivity index (χ3n) is 3.64. The van der Waals surface area contributed by atoms with Crippen molar-refractivity contribution in [2.75, 3.05) is 19.7 Å². The van der Waals surface area contributed by atoms with Crippen molar-refractivity contribution in [3.63, 3.8) is 0 Å². The third-order valence-corrected chi connectivity index (χ3v) is 5.47. The Morgan fingerprint density at radius 1 is 1.48 bits per heavy atom.